The van der Waals surface area contributed by atoms with Crippen molar-refractivity contribution in [2.75, 3.05) is 19.8 Å². The molecule has 0 heterocycles. The van der Waals surface area contributed by atoms with Gasteiger partial charge in [0.2, 0.25) is 0 Å². The molecule has 0 aromatic carbocycles. The Kier molecular flexibility index (Phi) is 11.2. The van der Waals surface area contributed by atoms with Crippen LogP contribution in [0.3, 0.4) is 0 Å². The molecule has 0 radical (unpaired) electrons. The summed E-state index contributed by atoms with van der Waals surface area (Å²) in [6.45, 7) is 6.74. The average Bonchev–Trinajstić information content (AvgIpc) is 2.39. The van der Waals surface area contributed by atoms with Gasteiger partial charge in [-0.15, -0.1) is 0 Å². The molecule has 0 saturated heterocycles. The van der Waals surface area contributed by atoms with Crippen LogP contribution in [0.1, 0.15) is 59.3 Å². The van der Waals surface area contributed by atoms with E-state index >= 15 is 0 Å². The molecule has 0 aromatic rings. The largest absolute Gasteiger partial charge is 0.457 e. The van der Waals surface area contributed by atoms with Gasteiger partial charge < -0.3 is 13.8 Å². The molecule has 0 amide bonds. The fourth-order valence-electron chi connectivity index (χ4n) is 1.18. The first kappa shape index (κ1) is 18.6. The maximum Gasteiger partial charge on any atom is 0.438 e. The number of hydrogen-bond donors (Lipinski definition) is 0. The van der Waals surface area contributed by atoms with Crippen LogP contribution in [0.5, 0.6) is 0 Å². The molecule has 0 rings (SSSR count). The van der Waals surface area contributed by atoms with Crippen LogP contribution in [-0.4, -0.2) is 25.5 Å². The second-order valence-corrected chi connectivity index (χ2v) is 6.22. The maximum absolute atomic E-state index is 12.3. The van der Waals surface area contributed by atoms with Crippen LogP contribution >= 0.6 is 7.60 Å². The molecule has 0 unspecified atom stereocenters. The van der Waals surface area contributed by atoms with Crippen LogP contribution in [0.2, 0.25) is 0 Å². The number of rotatable bonds is 12. The lowest BCUT2D eigenvalue weighted by Crippen LogP contribution is -2.11. The van der Waals surface area contributed by atoms with Crippen molar-refractivity contribution in [1.29, 1.82) is 0 Å². The van der Waals surface area contributed by atoms with Gasteiger partial charge in [0.15, 0.2) is 0 Å². The normalized spacial score (nSPS) is 11.5. The van der Waals surface area contributed by atoms with Gasteiger partial charge in [0.1, 0.15) is 0 Å². The van der Waals surface area contributed by atoms with Gasteiger partial charge in [0.25, 0.3) is 0 Å². The van der Waals surface area contributed by atoms with Crippen molar-refractivity contribution in [2.24, 2.45) is 0 Å². The lowest BCUT2D eigenvalue weighted by molar-refractivity contribution is 0.142. The Hall–Kier alpha value is -0.380. The summed E-state index contributed by atoms with van der Waals surface area (Å²) in [5, 5.41) is 0. The fraction of sp³-hybridized carbons (Fsp3) is 0.923. The summed E-state index contributed by atoms with van der Waals surface area (Å²) in [6.07, 6.45) is 4.94. The van der Waals surface area contributed by atoms with Crippen LogP contribution in [0, 0.1) is 0 Å². The number of unbranched alkanes of at least 4 members (excludes halogenated alkanes) is 3. The molecule has 0 saturated carbocycles. The summed E-state index contributed by atoms with van der Waals surface area (Å²) in [6, 6.07) is 0. The molecule has 0 aromatic heterocycles. The van der Waals surface area contributed by atoms with Crippen molar-refractivity contribution < 1.29 is 23.1 Å². The van der Waals surface area contributed by atoms with Crippen molar-refractivity contribution in [2.45, 2.75) is 59.3 Å². The SMILES string of the molecule is CCCCOC(=O)P(=O)(OCCCC)OCCCC. The molecule has 114 valence electrons. The van der Waals surface area contributed by atoms with Crippen LogP contribution in [-0.2, 0) is 18.3 Å². The summed E-state index contributed by atoms with van der Waals surface area (Å²) in [5.74, 6) is 0. The minimum Gasteiger partial charge on any atom is -0.457 e. The molecule has 0 N–H and O–H groups in total. The van der Waals surface area contributed by atoms with Gasteiger partial charge in [-0.3, -0.25) is 0 Å². The Morgan fingerprint density at radius 3 is 1.68 bits per heavy atom. The third-order valence-electron chi connectivity index (χ3n) is 2.47. The molecule has 0 atom stereocenters. The van der Waals surface area contributed by atoms with E-state index in [1.165, 1.54) is 0 Å². The number of hydrogen-bond acceptors (Lipinski definition) is 5. The molecular weight excluding hydrogens is 267 g/mol. The van der Waals surface area contributed by atoms with Crippen molar-refractivity contribution in [1.82, 2.24) is 0 Å². The topological polar surface area (TPSA) is 61.8 Å². The van der Waals surface area contributed by atoms with Gasteiger partial charge in [-0.25, -0.2) is 9.36 Å². The highest BCUT2D eigenvalue weighted by Crippen LogP contribution is 2.50. The zero-order valence-electron chi connectivity index (χ0n) is 12.4. The molecular formula is C13H27O5P. The minimum absolute atomic E-state index is 0.253. The summed E-state index contributed by atoms with van der Waals surface area (Å²) >= 11 is 0. The second-order valence-electron chi connectivity index (χ2n) is 4.34. The summed E-state index contributed by atoms with van der Waals surface area (Å²) in [5.41, 5.74) is -0.854. The third kappa shape index (κ3) is 8.40. The summed E-state index contributed by atoms with van der Waals surface area (Å²) in [4.78, 5) is 11.8. The van der Waals surface area contributed by atoms with E-state index in [0.717, 1.165) is 38.5 Å². The van der Waals surface area contributed by atoms with Crippen molar-refractivity contribution in [3.63, 3.8) is 0 Å². The van der Waals surface area contributed by atoms with Gasteiger partial charge in [-0.2, -0.15) is 0 Å². The molecule has 19 heavy (non-hydrogen) atoms. The first-order valence-corrected chi connectivity index (χ1v) is 8.71. The average molecular weight is 294 g/mol. The zero-order chi connectivity index (χ0) is 14.6. The van der Waals surface area contributed by atoms with Crippen molar-refractivity contribution in [3.05, 3.63) is 0 Å². The van der Waals surface area contributed by atoms with E-state index in [9.17, 15) is 9.36 Å². The van der Waals surface area contributed by atoms with Crippen molar-refractivity contribution in [3.8, 4) is 0 Å². The lowest BCUT2D eigenvalue weighted by Gasteiger charge is -2.16. The number of carbonyl (C=O) groups excluding carboxylic acids is 1. The number of carbonyl (C=O) groups is 1. The van der Waals surface area contributed by atoms with E-state index in [1.807, 2.05) is 20.8 Å². The van der Waals surface area contributed by atoms with Gasteiger partial charge in [-0.05, 0) is 19.3 Å². The van der Waals surface area contributed by atoms with Gasteiger partial charge in [0, 0.05) is 0 Å². The second kappa shape index (κ2) is 11.4. The number of ether oxygens (including phenoxy) is 1. The van der Waals surface area contributed by atoms with E-state index in [1.54, 1.807) is 0 Å². The smallest absolute Gasteiger partial charge is 0.438 e. The molecule has 0 aliphatic rings. The van der Waals surface area contributed by atoms with Gasteiger partial charge >= 0.3 is 13.3 Å². The van der Waals surface area contributed by atoms with Crippen LogP contribution < -0.4 is 0 Å². The standard InChI is InChI=1S/C13H27O5P/c1-4-7-10-16-13(14)19(15,17-11-8-5-2)18-12-9-6-3/h4-12H2,1-3H3. The van der Waals surface area contributed by atoms with E-state index < -0.39 is 13.3 Å². The van der Waals surface area contributed by atoms with Gasteiger partial charge in [-0.1, -0.05) is 40.0 Å². The highest BCUT2D eigenvalue weighted by Gasteiger charge is 2.36. The van der Waals surface area contributed by atoms with Crippen LogP contribution in [0.25, 0.3) is 0 Å². The van der Waals surface area contributed by atoms with E-state index in [-0.39, 0.29) is 19.8 Å². The quantitative estimate of drug-likeness (QED) is 0.384. The molecule has 0 aliphatic heterocycles. The van der Waals surface area contributed by atoms with Crippen molar-refractivity contribution >= 4 is 13.3 Å². The third-order valence-corrected chi connectivity index (χ3v) is 4.09. The predicted octanol–water partition coefficient (Wildman–Crippen LogP) is 4.75. The Morgan fingerprint density at radius 2 is 1.26 bits per heavy atom. The minimum atomic E-state index is -3.77. The highest BCUT2D eigenvalue weighted by atomic mass is 31.2. The molecule has 5 nitrogen and oxygen atoms in total. The first-order valence-electron chi connectivity index (χ1n) is 7.17. The Morgan fingerprint density at radius 1 is 0.842 bits per heavy atom. The molecule has 0 spiro atoms. The predicted molar refractivity (Wildman–Crippen MR) is 75.6 cm³/mol. The van der Waals surface area contributed by atoms with Gasteiger partial charge in [0.05, 0.1) is 19.8 Å². The summed E-state index contributed by atoms with van der Waals surface area (Å²) < 4.78 is 27.6. The van der Waals surface area contributed by atoms with E-state index in [4.69, 9.17) is 13.8 Å². The highest BCUT2D eigenvalue weighted by molar-refractivity contribution is 7.71. The monoisotopic (exact) mass is 294 g/mol. The molecule has 0 aliphatic carbocycles. The molecule has 6 heteroatoms. The molecule has 0 fully saturated rings. The zero-order valence-corrected chi connectivity index (χ0v) is 13.2. The maximum atomic E-state index is 12.3. The fourth-order valence-corrected chi connectivity index (χ4v) is 2.46. The van der Waals surface area contributed by atoms with E-state index in [0.29, 0.717) is 0 Å². The first-order chi connectivity index (χ1) is 9.10. The van der Waals surface area contributed by atoms with E-state index in [2.05, 4.69) is 0 Å². The van der Waals surface area contributed by atoms with Crippen LogP contribution in [0.4, 0.5) is 4.79 Å². The Balaban J connectivity index is 4.36. The molecule has 0 bridgehead atoms. The Labute approximate surface area is 116 Å². The lowest BCUT2D eigenvalue weighted by atomic mass is 10.4. The summed E-state index contributed by atoms with van der Waals surface area (Å²) in [7, 11) is -3.77. The van der Waals surface area contributed by atoms with Crippen LogP contribution in [0.15, 0.2) is 0 Å². The Bertz CT molecular complexity index is 266.